The Hall–Kier alpha value is -2.59. The molecule has 0 bridgehead atoms. The standard InChI is InChI=1S/C10H15NO.C10H8O2.H2/c1-3-12-10-7-5-4-6-9(10)8-11-2;1-7-6-8-4-2-3-5-9(8)12-10(7)11;/h4-7,11H,3,8H2,1-2H3;2-6H,1H3;1H. The third-order valence-corrected chi connectivity index (χ3v) is 3.46. The Balaban J connectivity index is 0.000000240. The molecule has 0 aliphatic heterocycles. The zero-order valence-corrected chi connectivity index (χ0v) is 14.3. The fraction of sp³-hybridized carbons (Fsp3) is 0.250. The van der Waals surface area contributed by atoms with Crippen LogP contribution in [0.15, 0.2) is 63.8 Å². The predicted molar refractivity (Wildman–Crippen MR) is 99.7 cm³/mol. The molecule has 2 aromatic carbocycles. The van der Waals surface area contributed by atoms with Gasteiger partial charge in [-0.1, -0.05) is 36.4 Å². The number of ether oxygens (including phenoxy) is 1. The molecule has 1 aromatic heterocycles. The number of rotatable bonds is 4. The Morgan fingerprint density at radius 1 is 1.12 bits per heavy atom. The second-order valence-electron chi connectivity index (χ2n) is 5.33. The molecule has 4 nitrogen and oxygen atoms in total. The van der Waals surface area contributed by atoms with Gasteiger partial charge in [-0.05, 0) is 39.1 Å². The minimum atomic E-state index is -0.256. The van der Waals surface area contributed by atoms with E-state index >= 15 is 0 Å². The first-order valence-electron chi connectivity index (χ1n) is 8.00. The number of para-hydroxylation sites is 2. The van der Waals surface area contributed by atoms with Gasteiger partial charge in [0.1, 0.15) is 11.3 Å². The maximum atomic E-state index is 11.1. The van der Waals surface area contributed by atoms with Crippen molar-refractivity contribution < 1.29 is 10.6 Å². The molecule has 0 saturated carbocycles. The van der Waals surface area contributed by atoms with Crippen molar-refractivity contribution in [2.75, 3.05) is 13.7 Å². The summed E-state index contributed by atoms with van der Waals surface area (Å²) in [6.07, 6.45) is 0. The average molecular weight is 327 g/mol. The van der Waals surface area contributed by atoms with Crippen LogP contribution in [0, 0.1) is 6.92 Å². The lowest BCUT2D eigenvalue weighted by Crippen LogP contribution is -2.07. The molecule has 0 atom stereocenters. The lowest BCUT2D eigenvalue weighted by atomic mass is 10.2. The largest absolute Gasteiger partial charge is 0.494 e. The lowest BCUT2D eigenvalue weighted by molar-refractivity contribution is 0.336. The highest BCUT2D eigenvalue weighted by Gasteiger charge is 1.99. The number of aryl methyl sites for hydroxylation is 1. The highest BCUT2D eigenvalue weighted by molar-refractivity contribution is 5.76. The smallest absolute Gasteiger partial charge is 0.339 e. The van der Waals surface area contributed by atoms with E-state index in [0.717, 1.165) is 24.3 Å². The Kier molecular flexibility index (Phi) is 6.58. The summed E-state index contributed by atoms with van der Waals surface area (Å²) in [5, 5.41) is 4.07. The maximum Gasteiger partial charge on any atom is 0.339 e. The first kappa shape index (κ1) is 17.8. The molecule has 0 unspecified atom stereocenters. The summed E-state index contributed by atoms with van der Waals surface area (Å²) in [5.74, 6) is 0.981. The molecule has 0 fully saturated rings. The maximum absolute atomic E-state index is 11.1. The van der Waals surface area contributed by atoms with Gasteiger partial charge in [0.05, 0.1) is 6.61 Å². The van der Waals surface area contributed by atoms with Gasteiger partial charge >= 0.3 is 5.63 Å². The Morgan fingerprint density at radius 3 is 2.58 bits per heavy atom. The van der Waals surface area contributed by atoms with Crippen LogP contribution < -0.4 is 15.7 Å². The van der Waals surface area contributed by atoms with E-state index in [2.05, 4.69) is 11.4 Å². The number of hydrogen-bond donors (Lipinski definition) is 1. The Labute approximate surface area is 143 Å². The SMILES string of the molecule is CCOc1ccccc1CNC.Cc1cc2ccccc2oc1=O.[HH]. The van der Waals surface area contributed by atoms with E-state index in [9.17, 15) is 4.79 Å². The summed E-state index contributed by atoms with van der Waals surface area (Å²) < 4.78 is 10.5. The van der Waals surface area contributed by atoms with Crippen molar-refractivity contribution in [1.82, 2.24) is 5.32 Å². The molecule has 0 amide bonds. The summed E-state index contributed by atoms with van der Waals surface area (Å²) in [6.45, 7) is 5.32. The van der Waals surface area contributed by atoms with Crippen molar-refractivity contribution in [3.63, 3.8) is 0 Å². The van der Waals surface area contributed by atoms with Crippen LogP contribution >= 0.6 is 0 Å². The molecule has 0 spiro atoms. The fourth-order valence-corrected chi connectivity index (χ4v) is 2.30. The van der Waals surface area contributed by atoms with Crippen molar-refractivity contribution in [3.8, 4) is 5.75 Å². The molecule has 1 heterocycles. The van der Waals surface area contributed by atoms with Crippen molar-refractivity contribution in [2.24, 2.45) is 0 Å². The Bertz CT molecular complexity index is 820. The molecule has 24 heavy (non-hydrogen) atoms. The summed E-state index contributed by atoms with van der Waals surface area (Å²) in [5.41, 5.74) is 2.25. The third kappa shape index (κ3) is 4.70. The van der Waals surface area contributed by atoms with Gasteiger partial charge in [0.2, 0.25) is 0 Å². The fourth-order valence-electron chi connectivity index (χ4n) is 2.30. The van der Waals surface area contributed by atoms with E-state index in [0.29, 0.717) is 11.1 Å². The highest BCUT2D eigenvalue weighted by atomic mass is 16.5. The van der Waals surface area contributed by atoms with Crippen molar-refractivity contribution >= 4 is 11.0 Å². The molecule has 3 rings (SSSR count). The molecule has 0 aliphatic carbocycles. The second-order valence-corrected chi connectivity index (χ2v) is 5.33. The van der Waals surface area contributed by atoms with Crippen LogP contribution in [-0.4, -0.2) is 13.7 Å². The first-order valence-corrected chi connectivity index (χ1v) is 8.00. The van der Waals surface area contributed by atoms with Crippen LogP contribution in [0.25, 0.3) is 11.0 Å². The molecular formula is C20H25NO3. The predicted octanol–water partition coefficient (Wildman–Crippen LogP) is 4.15. The monoisotopic (exact) mass is 327 g/mol. The van der Waals surface area contributed by atoms with E-state index in [1.54, 1.807) is 13.0 Å². The van der Waals surface area contributed by atoms with Gasteiger partial charge in [-0.25, -0.2) is 4.79 Å². The van der Waals surface area contributed by atoms with Gasteiger partial charge in [0.15, 0.2) is 0 Å². The van der Waals surface area contributed by atoms with Crippen LogP contribution in [0.1, 0.15) is 19.5 Å². The zero-order valence-electron chi connectivity index (χ0n) is 14.3. The van der Waals surface area contributed by atoms with Crippen LogP contribution in [-0.2, 0) is 6.54 Å². The van der Waals surface area contributed by atoms with Gasteiger partial charge in [-0.15, -0.1) is 0 Å². The van der Waals surface area contributed by atoms with Gasteiger partial charge in [-0.3, -0.25) is 0 Å². The minimum absolute atomic E-state index is 0. The molecule has 0 aliphatic rings. The number of fused-ring (bicyclic) bond motifs is 1. The highest BCUT2D eigenvalue weighted by Crippen LogP contribution is 2.17. The summed E-state index contributed by atoms with van der Waals surface area (Å²) in [7, 11) is 1.93. The topological polar surface area (TPSA) is 51.5 Å². The van der Waals surface area contributed by atoms with Gasteiger partial charge in [-0.2, -0.15) is 0 Å². The molecule has 0 saturated heterocycles. The molecule has 1 N–H and O–H groups in total. The van der Waals surface area contributed by atoms with Crippen LogP contribution in [0.3, 0.4) is 0 Å². The van der Waals surface area contributed by atoms with E-state index in [-0.39, 0.29) is 7.05 Å². The van der Waals surface area contributed by atoms with Crippen molar-refractivity contribution in [3.05, 3.63) is 76.1 Å². The summed E-state index contributed by atoms with van der Waals surface area (Å²) in [6, 6.07) is 17.4. The van der Waals surface area contributed by atoms with Gasteiger partial charge in [0, 0.05) is 24.5 Å². The zero-order chi connectivity index (χ0) is 17.4. The average Bonchev–Trinajstić information content (AvgIpc) is 2.59. The quantitative estimate of drug-likeness (QED) is 0.731. The minimum Gasteiger partial charge on any atom is -0.494 e. The summed E-state index contributed by atoms with van der Waals surface area (Å²) >= 11 is 0. The number of hydrogen-bond acceptors (Lipinski definition) is 4. The normalized spacial score (nSPS) is 10.1. The van der Waals surface area contributed by atoms with Crippen molar-refractivity contribution in [2.45, 2.75) is 20.4 Å². The molecular weight excluding hydrogens is 302 g/mol. The molecule has 128 valence electrons. The second kappa shape index (κ2) is 8.89. The Morgan fingerprint density at radius 2 is 1.83 bits per heavy atom. The first-order chi connectivity index (χ1) is 11.7. The van der Waals surface area contributed by atoms with Crippen LogP contribution in [0.4, 0.5) is 0 Å². The lowest BCUT2D eigenvalue weighted by Gasteiger charge is -2.08. The van der Waals surface area contributed by atoms with E-state index in [1.165, 1.54) is 5.56 Å². The van der Waals surface area contributed by atoms with Gasteiger partial charge in [0.25, 0.3) is 0 Å². The molecule has 0 radical (unpaired) electrons. The number of nitrogens with one attached hydrogen (secondary N) is 1. The third-order valence-electron chi connectivity index (χ3n) is 3.46. The molecule has 3 aromatic rings. The van der Waals surface area contributed by atoms with E-state index in [1.807, 2.05) is 56.4 Å². The van der Waals surface area contributed by atoms with E-state index < -0.39 is 0 Å². The van der Waals surface area contributed by atoms with Crippen LogP contribution in [0.5, 0.6) is 5.75 Å². The molecule has 4 heteroatoms. The van der Waals surface area contributed by atoms with E-state index in [4.69, 9.17) is 9.15 Å². The number of benzene rings is 2. The van der Waals surface area contributed by atoms with Crippen molar-refractivity contribution in [1.29, 1.82) is 0 Å². The van der Waals surface area contributed by atoms with Gasteiger partial charge < -0.3 is 14.5 Å². The summed E-state index contributed by atoms with van der Waals surface area (Å²) in [4.78, 5) is 11.1. The van der Waals surface area contributed by atoms with Crippen LogP contribution in [0.2, 0.25) is 0 Å².